The van der Waals surface area contributed by atoms with Crippen LogP contribution in [0.1, 0.15) is 41.3 Å². The number of hydrogen-bond donors (Lipinski definition) is 4. The minimum Gasteiger partial charge on any atom is -0.361 e. The summed E-state index contributed by atoms with van der Waals surface area (Å²) < 4.78 is 0. The predicted molar refractivity (Wildman–Crippen MR) is 175 cm³/mol. The van der Waals surface area contributed by atoms with Gasteiger partial charge < -0.3 is 20.9 Å². The second kappa shape index (κ2) is 13.7. The number of aromatic nitrogens is 1. The Bertz CT molecular complexity index is 1780. The van der Waals surface area contributed by atoms with Crippen molar-refractivity contribution in [3.05, 3.63) is 132 Å². The van der Waals surface area contributed by atoms with Crippen molar-refractivity contribution < 1.29 is 14.4 Å². The summed E-state index contributed by atoms with van der Waals surface area (Å²) in [5, 5.41) is 9.67. The minimum absolute atomic E-state index is 0.114. The predicted octanol–water partition coefficient (Wildman–Crippen LogP) is 7.43. The first-order valence-electron chi connectivity index (χ1n) is 13.9. The smallest absolute Gasteiger partial charge is 0.272 e. The van der Waals surface area contributed by atoms with Gasteiger partial charge >= 0.3 is 0 Å². The molecule has 0 bridgehead atoms. The molecule has 1 aromatic heterocycles. The molecule has 0 aliphatic heterocycles. The number of anilines is 2. The Morgan fingerprint density at radius 2 is 1.58 bits per heavy atom. The SMILES string of the molecule is CC(C)c1ccc(/C=C(/NC(=O)c2ccccc2)C(=O)Nc2cccc(SCC(=O)Nc3ccc4cc[nH]c4c3)c2)cc1. The first-order chi connectivity index (χ1) is 20.8. The Morgan fingerprint density at radius 3 is 2.35 bits per heavy atom. The van der Waals surface area contributed by atoms with Crippen LogP contribution in [0.3, 0.4) is 0 Å². The molecule has 0 atom stereocenters. The average Bonchev–Trinajstić information content (AvgIpc) is 3.48. The molecule has 3 amide bonds. The molecule has 0 unspecified atom stereocenters. The number of carbonyl (C=O) groups is 3. The van der Waals surface area contributed by atoms with E-state index in [2.05, 4.69) is 34.8 Å². The number of carbonyl (C=O) groups excluding carboxylic acids is 3. The van der Waals surface area contributed by atoms with E-state index in [9.17, 15) is 14.4 Å². The van der Waals surface area contributed by atoms with Crippen LogP contribution in [0.2, 0.25) is 0 Å². The van der Waals surface area contributed by atoms with Gasteiger partial charge in [0, 0.05) is 33.5 Å². The second-order valence-corrected chi connectivity index (χ2v) is 11.3. The Labute approximate surface area is 254 Å². The largest absolute Gasteiger partial charge is 0.361 e. The van der Waals surface area contributed by atoms with E-state index in [1.54, 1.807) is 42.5 Å². The molecular formula is C35H32N4O3S. The van der Waals surface area contributed by atoms with Gasteiger partial charge in [-0.15, -0.1) is 11.8 Å². The number of rotatable bonds is 10. The van der Waals surface area contributed by atoms with Gasteiger partial charge in [0.25, 0.3) is 11.8 Å². The lowest BCUT2D eigenvalue weighted by Gasteiger charge is -2.13. The third kappa shape index (κ3) is 8.02. The zero-order chi connectivity index (χ0) is 30.2. The van der Waals surface area contributed by atoms with Crippen molar-refractivity contribution in [2.45, 2.75) is 24.7 Å². The van der Waals surface area contributed by atoms with Gasteiger partial charge in [0.1, 0.15) is 5.70 Å². The second-order valence-electron chi connectivity index (χ2n) is 10.3. The quantitative estimate of drug-likeness (QED) is 0.101. The summed E-state index contributed by atoms with van der Waals surface area (Å²) >= 11 is 1.36. The van der Waals surface area contributed by atoms with Crippen molar-refractivity contribution in [3.8, 4) is 0 Å². The minimum atomic E-state index is -0.461. The van der Waals surface area contributed by atoms with Crippen LogP contribution in [0, 0.1) is 0 Å². The maximum absolute atomic E-state index is 13.4. The van der Waals surface area contributed by atoms with E-state index in [0.29, 0.717) is 17.2 Å². The summed E-state index contributed by atoms with van der Waals surface area (Å²) in [6.07, 6.45) is 3.52. The molecule has 5 aromatic rings. The first kappa shape index (κ1) is 29.4. The summed E-state index contributed by atoms with van der Waals surface area (Å²) in [5.41, 5.74) is 4.74. The van der Waals surface area contributed by atoms with Crippen LogP contribution < -0.4 is 16.0 Å². The zero-order valence-corrected chi connectivity index (χ0v) is 24.7. The molecule has 4 N–H and O–H groups in total. The third-order valence-electron chi connectivity index (χ3n) is 6.74. The van der Waals surface area contributed by atoms with Crippen molar-refractivity contribution in [1.82, 2.24) is 10.3 Å². The highest BCUT2D eigenvalue weighted by Crippen LogP contribution is 2.24. The summed E-state index contributed by atoms with van der Waals surface area (Å²) in [4.78, 5) is 43.0. The van der Waals surface area contributed by atoms with Crippen molar-refractivity contribution in [1.29, 1.82) is 0 Å². The maximum Gasteiger partial charge on any atom is 0.272 e. The Hall–Kier alpha value is -5.08. The van der Waals surface area contributed by atoms with Crippen LogP contribution in [0.5, 0.6) is 0 Å². The maximum atomic E-state index is 13.4. The molecule has 8 heteroatoms. The van der Waals surface area contributed by atoms with E-state index in [-0.39, 0.29) is 23.3 Å². The number of benzene rings is 4. The molecule has 0 aliphatic rings. The molecule has 5 rings (SSSR count). The lowest BCUT2D eigenvalue weighted by Crippen LogP contribution is -2.30. The van der Waals surface area contributed by atoms with Crippen LogP contribution >= 0.6 is 11.8 Å². The Kier molecular flexibility index (Phi) is 9.39. The van der Waals surface area contributed by atoms with Crippen LogP contribution in [-0.2, 0) is 9.59 Å². The number of H-pyrrole nitrogens is 1. The number of thioether (sulfide) groups is 1. The Balaban J connectivity index is 1.26. The van der Waals surface area contributed by atoms with Crippen molar-refractivity contribution >= 4 is 57.8 Å². The summed E-state index contributed by atoms with van der Waals surface area (Å²) in [5.74, 6) is -0.403. The average molecular weight is 589 g/mol. The van der Waals surface area contributed by atoms with E-state index in [4.69, 9.17) is 0 Å². The highest BCUT2D eigenvalue weighted by atomic mass is 32.2. The number of fused-ring (bicyclic) bond motifs is 1. The molecule has 0 aliphatic carbocycles. The van der Waals surface area contributed by atoms with Gasteiger partial charge in [0.2, 0.25) is 5.91 Å². The number of hydrogen-bond acceptors (Lipinski definition) is 4. The molecule has 0 fully saturated rings. The van der Waals surface area contributed by atoms with E-state index in [1.807, 2.05) is 72.9 Å². The van der Waals surface area contributed by atoms with Crippen LogP contribution in [-0.4, -0.2) is 28.5 Å². The molecular weight excluding hydrogens is 556 g/mol. The zero-order valence-electron chi connectivity index (χ0n) is 23.9. The third-order valence-corrected chi connectivity index (χ3v) is 7.74. The molecule has 0 radical (unpaired) electrons. The molecule has 1 heterocycles. The van der Waals surface area contributed by atoms with Gasteiger partial charge in [-0.25, -0.2) is 0 Å². The van der Waals surface area contributed by atoms with Gasteiger partial charge in [0.05, 0.1) is 5.75 Å². The Morgan fingerprint density at radius 1 is 0.814 bits per heavy atom. The fourth-order valence-electron chi connectivity index (χ4n) is 4.42. The number of nitrogens with one attached hydrogen (secondary N) is 4. The molecule has 0 saturated carbocycles. The molecule has 43 heavy (non-hydrogen) atoms. The summed E-state index contributed by atoms with van der Waals surface area (Å²) in [7, 11) is 0. The van der Waals surface area contributed by atoms with E-state index in [1.165, 1.54) is 17.3 Å². The van der Waals surface area contributed by atoms with Gasteiger partial charge in [-0.05, 0) is 77.0 Å². The first-order valence-corrected chi connectivity index (χ1v) is 14.9. The fraction of sp³-hybridized carbons (Fsp3) is 0.114. The molecule has 4 aromatic carbocycles. The van der Waals surface area contributed by atoms with Crippen LogP contribution in [0.15, 0.2) is 120 Å². The highest BCUT2D eigenvalue weighted by molar-refractivity contribution is 8.00. The van der Waals surface area contributed by atoms with Gasteiger partial charge in [-0.3, -0.25) is 14.4 Å². The molecule has 0 saturated heterocycles. The standard InChI is InChI=1S/C35H32N4O3S/c1-23(2)25-13-11-24(12-14-25)19-32(39-34(41)27-7-4-3-5-8-27)35(42)38-28-9-6-10-30(20-28)43-22-33(40)37-29-16-15-26-17-18-36-31(26)21-29/h3-21,23,36H,22H2,1-2H3,(H,37,40)(H,38,42)(H,39,41)/b32-19+. The van der Waals surface area contributed by atoms with Crippen LogP contribution in [0.4, 0.5) is 11.4 Å². The molecule has 0 spiro atoms. The fourth-order valence-corrected chi connectivity index (χ4v) is 5.17. The van der Waals surface area contributed by atoms with Crippen LogP contribution in [0.25, 0.3) is 17.0 Å². The lowest BCUT2D eigenvalue weighted by molar-refractivity contribution is -0.114. The highest BCUT2D eigenvalue weighted by Gasteiger charge is 2.16. The van der Waals surface area contributed by atoms with Crippen molar-refractivity contribution in [2.75, 3.05) is 16.4 Å². The number of aromatic amines is 1. The van der Waals surface area contributed by atoms with E-state index in [0.717, 1.165) is 27.0 Å². The van der Waals surface area contributed by atoms with E-state index < -0.39 is 5.91 Å². The summed E-state index contributed by atoms with van der Waals surface area (Å²) in [6.45, 7) is 4.23. The number of amides is 3. The van der Waals surface area contributed by atoms with Crippen molar-refractivity contribution in [2.24, 2.45) is 0 Å². The lowest BCUT2D eigenvalue weighted by atomic mass is 10.0. The van der Waals surface area contributed by atoms with Crippen molar-refractivity contribution in [3.63, 3.8) is 0 Å². The molecule has 7 nitrogen and oxygen atoms in total. The van der Waals surface area contributed by atoms with Gasteiger partial charge in [0.15, 0.2) is 0 Å². The van der Waals surface area contributed by atoms with Gasteiger partial charge in [-0.1, -0.05) is 68.4 Å². The summed E-state index contributed by atoms with van der Waals surface area (Å²) in [6, 6.07) is 31.6. The topological polar surface area (TPSA) is 103 Å². The normalized spacial score (nSPS) is 11.4. The molecule has 216 valence electrons. The van der Waals surface area contributed by atoms with Gasteiger partial charge in [-0.2, -0.15) is 0 Å². The monoisotopic (exact) mass is 588 g/mol. The van der Waals surface area contributed by atoms with E-state index >= 15 is 0 Å².